The Morgan fingerprint density at radius 1 is 0.886 bits per heavy atom. The van der Waals surface area contributed by atoms with Gasteiger partial charge in [0.25, 0.3) is 0 Å². The fourth-order valence-corrected chi connectivity index (χ4v) is 4.56. The van der Waals surface area contributed by atoms with Crippen molar-refractivity contribution >= 4 is 64.9 Å². The molecule has 1 aliphatic heterocycles. The van der Waals surface area contributed by atoms with Gasteiger partial charge in [0, 0.05) is 34.0 Å². The molecule has 0 amide bonds. The number of hydrogen-bond donors (Lipinski definition) is 0. The number of halogens is 5. The minimum absolute atomic E-state index is 0. The second-order valence-corrected chi connectivity index (χ2v) is 9.66. The van der Waals surface area contributed by atoms with Crippen LogP contribution < -0.4 is 0 Å². The fourth-order valence-electron chi connectivity index (χ4n) is 3.63. The third-order valence-electron chi connectivity index (χ3n) is 5.46. The van der Waals surface area contributed by atoms with E-state index in [1.807, 2.05) is 60.9 Å². The summed E-state index contributed by atoms with van der Waals surface area (Å²) in [5.41, 5.74) is 2.52. The standard InChI is InChI=1S/C27H24Cl4N2O.ClH/c28-23-11-8-21(9-12-23)26(34-18-22-10-13-24(29)17-25(22)30)27(31)33-16-15-32(19-33)14-4-7-20-5-2-1-3-6-20;/h1-13,15-17,26-27H,14,18-19H2;1H/b7-4+;. The first-order chi connectivity index (χ1) is 16.5. The van der Waals surface area contributed by atoms with Crippen molar-refractivity contribution in [3.05, 3.63) is 123 Å². The summed E-state index contributed by atoms with van der Waals surface area (Å²) in [4.78, 5) is 4.24. The van der Waals surface area contributed by atoms with Gasteiger partial charge in [-0.3, -0.25) is 0 Å². The van der Waals surface area contributed by atoms with Gasteiger partial charge in [0.2, 0.25) is 0 Å². The lowest BCUT2D eigenvalue weighted by Gasteiger charge is -2.31. The number of alkyl halides is 1. The quantitative estimate of drug-likeness (QED) is 0.189. The predicted octanol–water partition coefficient (Wildman–Crippen LogP) is 8.65. The molecule has 0 spiro atoms. The van der Waals surface area contributed by atoms with Gasteiger partial charge < -0.3 is 14.5 Å². The van der Waals surface area contributed by atoms with Gasteiger partial charge in [-0.25, -0.2) is 0 Å². The Labute approximate surface area is 232 Å². The molecule has 184 valence electrons. The molecule has 0 saturated heterocycles. The highest BCUT2D eigenvalue weighted by Gasteiger charge is 2.29. The third kappa shape index (κ3) is 7.82. The number of nitrogens with zero attached hydrogens (tertiary/aromatic N) is 2. The first-order valence-corrected chi connectivity index (χ1v) is 12.4. The fraction of sp³-hybridized carbons (Fsp3) is 0.185. The van der Waals surface area contributed by atoms with E-state index in [-0.39, 0.29) is 12.4 Å². The van der Waals surface area contributed by atoms with Gasteiger partial charge in [-0.05, 0) is 41.0 Å². The maximum atomic E-state index is 6.97. The van der Waals surface area contributed by atoms with Crippen LogP contribution in [-0.4, -0.2) is 28.5 Å². The molecule has 35 heavy (non-hydrogen) atoms. The van der Waals surface area contributed by atoms with Gasteiger partial charge in [0.15, 0.2) is 0 Å². The summed E-state index contributed by atoms with van der Waals surface area (Å²) >= 11 is 25.5. The molecule has 0 saturated carbocycles. The van der Waals surface area contributed by atoms with Crippen molar-refractivity contribution < 1.29 is 4.74 Å². The van der Waals surface area contributed by atoms with Gasteiger partial charge in [0.05, 0.1) is 13.3 Å². The highest BCUT2D eigenvalue weighted by molar-refractivity contribution is 6.35. The van der Waals surface area contributed by atoms with Crippen LogP contribution in [0.4, 0.5) is 0 Å². The van der Waals surface area contributed by atoms with Crippen molar-refractivity contribution in [2.75, 3.05) is 13.2 Å². The Morgan fingerprint density at radius 3 is 2.31 bits per heavy atom. The molecule has 3 nitrogen and oxygen atoms in total. The van der Waals surface area contributed by atoms with Gasteiger partial charge >= 0.3 is 0 Å². The Kier molecular flexibility index (Phi) is 10.7. The number of rotatable bonds is 9. The van der Waals surface area contributed by atoms with E-state index in [4.69, 9.17) is 51.1 Å². The third-order valence-corrected chi connectivity index (χ3v) is 6.78. The summed E-state index contributed by atoms with van der Waals surface area (Å²) < 4.78 is 6.31. The van der Waals surface area contributed by atoms with E-state index >= 15 is 0 Å². The summed E-state index contributed by atoms with van der Waals surface area (Å²) in [5.74, 6) is 0. The Bertz CT molecular complexity index is 1140. The van der Waals surface area contributed by atoms with Crippen LogP contribution >= 0.6 is 58.8 Å². The SMILES string of the molecule is Cl.Clc1ccc(C(OCc2ccc(Cl)cc2Cl)C(Cl)N2C=CN(C/C=C/c3ccccc3)C2)cc1. The molecule has 0 bridgehead atoms. The number of benzene rings is 3. The van der Waals surface area contributed by atoms with Crippen LogP contribution in [0, 0.1) is 0 Å². The molecule has 0 N–H and O–H groups in total. The molecule has 3 aromatic carbocycles. The minimum atomic E-state index is -0.438. The van der Waals surface area contributed by atoms with Crippen molar-refractivity contribution in [3.8, 4) is 0 Å². The van der Waals surface area contributed by atoms with Gasteiger partial charge in [-0.15, -0.1) is 12.4 Å². The van der Waals surface area contributed by atoms with Crippen LogP contribution in [0.15, 0.2) is 91.3 Å². The molecule has 1 aliphatic rings. The molecule has 8 heteroatoms. The average molecular weight is 571 g/mol. The van der Waals surface area contributed by atoms with Gasteiger partial charge in [0.1, 0.15) is 11.6 Å². The Hall–Kier alpha value is -1.85. The van der Waals surface area contributed by atoms with Crippen molar-refractivity contribution in [1.29, 1.82) is 0 Å². The molecule has 2 unspecified atom stereocenters. The van der Waals surface area contributed by atoms with E-state index in [0.717, 1.165) is 17.7 Å². The van der Waals surface area contributed by atoms with E-state index in [2.05, 4.69) is 34.1 Å². The second-order valence-electron chi connectivity index (χ2n) is 7.93. The van der Waals surface area contributed by atoms with Crippen molar-refractivity contribution in [2.24, 2.45) is 0 Å². The van der Waals surface area contributed by atoms with Gasteiger partial charge in [-0.2, -0.15) is 0 Å². The highest BCUT2D eigenvalue weighted by atomic mass is 35.5. The van der Waals surface area contributed by atoms with E-state index in [1.54, 1.807) is 12.1 Å². The summed E-state index contributed by atoms with van der Waals surface area (Å²) in [6.07, 6.45) is 7.89. The zero-order chi connectivity index (χ0) is 23.9. The normalized spacial score (nSPS) is 14.9. The van der Waals surface area contributed by atoms with E-state index < -0.39 is 11.6 Å². The summed E-state index contributed by atoms with van der Waals surface area (Å²) in [6, 6.07) is 23.2. The lowest BCUT2D eigenvalue weighted by Crippen LogP contribution is -2.35. The van der Waals surface area contributed by atoms with Crippen molar-refractivity contribution in [1.82, 2.24) is 9.80 Å². The lowest BCUT2D eigenvalue weighted by atomic mass is 10.1. The molecule has 1 heterocycles. The summed E-state index contributed by atoms with van der Waals surface area (Å²) in [6.45, 7) is 1.73. The van der Waals surface area contributed by atoms with Crippen molar-refractivity contribution in [3.63, 3.8) is 0 Å². The zero-order valence-corrected chi connectivity index (χ0v) is 22.6. The second kappa shape index (κ2) is 13.5. The summed E-state index contributed by atoms with van der Waals surface area (Å²) in [7, 11) is 0. The monoisotopic (exact) mass is 568 g/mol. The van der Waals surface area contributed by atoms with Crippen molar-refractivity contribution in [2.45, 2.75) is 18.2 Å². The zero-order valence-electron chi connectivity index (χ0n) is 18.7. The molecule has 0 radical (unpaired) electrons. The molecular weight excluding hydrogens is 546 g/mol. The number of hydrogen-bond acceptors (Lipinski definition) is 3. The highest BCUT2D eigenvalue weighted by Crippen LogP contribution is 2.32. The first kappa shape index (κ1) is 27.7. The maximum Gasteiger partial charge on any atom is 0.135 e. The Balaban J connectivity index is 0.00000342. The van der Waals surface area contributed by atoms with Gasteiger partial charge in [-0.1, -0.05) is 107 Å². The van der Waals surface area contributed by atoms with Crippen LogP contribution in [0.2, 0.25) is 15.1 Å². The van der Waals surface area contributed by atoms with Crippen LogP contribution in [-0.2, 0) is 11.3 Å². The number of ether oxygens (including phenoxy) is 1. The lowest BCUT2D eigenvalue weighted by molar-refractivity contribution is 0.00721. The minimum Gasteiger partial charge on any atom is -0.365 e. The topological polar surface area (TPSA) is 15.7 Å². The Morgan fingerprint density at radius 2 is 1.60 bits per heavy atom. The summed E-state index contributed by atoms with van der Waals surface area (Å²) in [5, 5.41) is 1.81. The van der Waals surface area contributed by atoms with E-state index in [1.165, 1.54) is 5.56 Å². The molecular formula is C27H25Cl5N2O. The van der Waals surface area contributed by atoms with E-state index in [9.17, 15) is 0 Å². The maximum absolute atomic E-state index is 6.97. The van der Waals surface area contributed by atoms with Crippen LogP contribution in [0.5, 0.6) is 0 Å². The molecule has 2 atom stereocenters. The van der Waals surface area contributed by atoms with Crippen LogP contribution in [0.1, 0.15) is 22.8 Å². The average Bonchev–Trinajstić information content (AvgIpc) is 3.31. The van der Waals surface area contributed by atoms with Crippen LogP contribution in [0.3, 0.4) is 0 Å². The van der Waals surface area contributed by atoms with Crippen LogP contribution in [0.25, 0.3) is 6.08 Å². The molecule has 0 aliphatic carbocycles. The molecule has 3 aromatic rings. The molecule has 0 aromatic heterocycles. The predicted molar refractivity (Wildman–Crippen MR) is 150 cm³/mol. The smallest absolute Gasteiger partial charge is 0.135 e. The molecule has 0 fully saturated rings. The first-order valence-electron chi connectivity index (χ1n) is 10.8. The largest absolute Gasteiger partial charge is 0.365 e. The molecule has 4 rings (SSSR count). The van der Waals surface area contributed by atoms with E-state index in [0.29, 0.717) is 28.3 Å².